The van der Waals surface area contributed by atoms with Gasteiger partial charge in [-0.25, -0.2) is 9.62 Å². The highest BCUT2D eigenvalue weighted by molar-refractivity contribution is 6.11. The SMILES string of the molecule is CC1=CC(c2ccccc2)=Nc2nonc2N1. The third-order valence-electron chi connectivity index (χ3n) is 2.44. The van der Waals surface area contributed by atoms with E-state index >= 15 is 0 Å². The Balaban J connectivity index is 2.13. The zero-order valence-electron chi connectivity index (χ0n) is 9.21. The van der Waals surface area contributed by atoms with E-state index in [9.17, 15) is 0 Å². The van der Waals surface area contributed by atoms with Crippen molar-refractivity contribution in [2.45, 2.75) is 6.92 Å². The molecule has 1 N–H and O–H groups in total. The highest BCUT2D eigenvalue weighted by Gasteiger charge is 2.14. The highest BCUT2D eigenvalue weighted by Crippen LogP contribution is 2.25. The monoisotopic (exact) mass is 226 g/mol. The molecule has 0 saturated carbocycles. The molecule has 0 amide bonds. The molecule has 0 saturated heterocycles. The van der Waals surface area contributed by atoms with Crippen LogP contribution in [0, 0.1) is 0 Å². The van der Waals surface area contributed by atoms with Crippen LogP contribution in [-0.4, -0.2) is 16.0 Å². The zero-order valence-corrected chi connectivity index (χ0v) is 9.21. The molecule has 84 valence electrons. The molecule has 1 aromatic heterocycles. The largest absolute Gasteiger partial charge is 0.338 e. The van der Waals surface area contributed by atoms with E-state index in [4.69, 9.17) is 0 Å². The molecule has 5 nitrogen and oxygen atoms in total. The normalized spacial score (nSPS) is 14.2. The molecule has 2 aromatic rings. The molecule has 0 radical (unpaired) electrons. The number of nitrogens with one attached hydrogen (secondary N) is 1. The number of benzene rings is 1. The average molecular weight is 226 g/mol. The van der Waals surface area contributed by atoms with Crippen LogP contribution in [0.1, 0.15) is 12.5 Å². The van der Waals surface area contributed by atoms with Crippen molar-refractivity contribution in [1.82, 2.24) is 10.3 Å². The number of fused-ring (bicyclic) bond motifs is 1. The lowest BCUT2D eigenvalue weighted by Gasteiger charge is -2.00. The fourth-order valence-corrected chi connectivity index (χ4v) is 1.67. The van der Waals surface area contributed by atoms with Gasteiger partial charge in [0.05, 0.1) is 5.71 Å². The summed E-state index contributed by atoms with van der Waals surface area (Å²) in [6.07, 6.45) is 1.96. The maximum atomic E-state index is 4.66. The summed E-state index contributed by atoms with van der Waals surface area (Å²) in [4.78, 5) is 4.43. The Morgan fingerprint density at radius 2 is 1.94 bits per heavy atom. The Hall–Kier alpha value is -2.43. The van der Waals surface area contributed by atoms with Gasteiger partial charge in [0.2, 0.25) is 11.6 Å². The Morgan fingerprint density at radius 3 is 2.76 bits per heavy atom. The number of anilines is 1. The Kier molecular flexibility index (Phi) is 2.22. The molecule has 0 atom stereocenters. The van der Waals surface area contributed by atoms with Gasteiger partial charge in [0.25, 0.3) is 0 Å². The number of nitrogens with zero attached hydrogens (tertiary/aromatic N) is 3. The molecule has 0 fully saturated rings. The molecule has 5 heteroatoms. The van der Waals surface area contributed by atoms with Gasteiger partial charge < -0.3 is 5.32 Å². The minimum absolute atomic E-state index is 0.469. The van der Waals surface area contributed by atoms with Crippen LogP contribution < -0.4 is 5.32 Å². The molecule has 0 bridgehead atoms. The number of hydrogen-bond donors (Lipinski definition) is 1. The van der Waals surface area contributed by atoms with Crippen LogP contribution in [0.15, 0.2) is 51.7 Å². The second-order valence-electron chi connectivity index (χ2n) is 3.75. The summed E-state index contributed by atoms with van der Waals surface area (Å²) in [5, 5.41) is 10.6. The summed E-state index contributed by atoms with van der Waals surface area (Å²) in [7, 11) is 0. The van der Waals surface area contributed by atoms with E-state index in [0.29, 0.717) is 11.6 Å². The van der Waals surface area contributed by atoms with Gasteiger partial charge in [-0.2, -0.15) is 0 Å². The fraction of sp³-hybridized carbons (Fsp3) is 0.0833. The van der Waals surface area contributed by atoms with Crippen molar-refractivity contribution in [2.75, 3.05) is 5.32 Å². The van der Waals surface area contributed by atoms with Gasteiger partial charge in [0, 0.05) is 11.3 Å². The van der Waals surface area contributed by atoms with E-state index in [2.05, 4.69) is 25.3 Å². The number of aliphatic imine (C=N–C) groups is 1. The summed E-state index contributed by atoms with van der Waals surface area (Å²) in [6, 6.07) is 9.92. The second kappa shape index (κ2) is 3.86. The predicted molar refractivity (Wildman–Crippen MR) is 64.3 cm³/mol. The van der Waals surface area contributed by atoms with Gasteiger partial charge in [-0.1, -0.05) is 30.3 Å². The molecular weight excluding hydrogens is 216 g/mol. The first-order chi connectivity index (χ1) is 8.33. The number of aromatic nitrogens is 2. The lowest BCUT2D eigenvalue weighted by atomic mass is 10.1. The highest BCUT2D eigenvalue weighted by atomic mass is 16.6. The van der Waals surface area contributed by atoms with E-state index in [1.807, 2.05) is 43.3 Å². The molecule has 1 aliphatic heterocycles. The van der Waals surface area contributed by atoms with Crippen LogP contribution in [0.5, 0.6) is 0 Å². The lowest BCUT2D eigenvalue weighted by molar-refractivity contribution is 0.310. The van der Waals surface area contributed by atoms with Crippen molar-refractivity contribution in [2.24, 2.45) is 4.99 Å². The second-order valence-corrected chi connectivity index (χ2v) is 3.75. The first kappa shape index (κ1) is 9.77. The number of hydrogen-bond acceptors (Lipinski definition) is 5. The summed E-state index contributed by atoms with van der Waals surface area (Å²) >= 11 is 0. The van der Waals surface area contributed by atoms with Crippen LogP contribution >= 0.6 is 0 Å². The maximum Gasteiger partial charge on any atom is 0.241 e. The van der Waals surface area contributed by atoms with Crippen molar-refractivity contribution >= 4 is 17.3 Å². The fourth-order valence-electron chi connectivity index (χ4n) is 1.67. The molecule has 3 rings (SSSR count). The van der Waals surface area contributed by atoms with E-state index in [1.54, 1.807) is 0 Å². The van der Waals surface area contributed by atoms with Gasteiger partial charge in [-0.15, -0.1) is 0 Å². The van der Waals surface area contributed by atoms with Crippen molar-refractivity contribution < 1.29 is 4.63 Å². The molecule has 0 unspecified atom stereocenters. The van der Waals surface area contributed by atoms with E-state index in [1.165, 1.54) is 0 Å². The molecule has 17 heavy (non-hydrogen) atoms. The van der Waals surface area contributed by atoms with Crippen LogP contribution in [0.2, 0.25) is 0 Å². The average Bonchev–Trinajstić information content (AvgIpc) is 2.70. The lowest BCUT2D eigenvalue weighted by Crippen LogP contribution is -1.99. The van der Waals surface area contributed by atoms with Gasteiger partial charge in [0.1, 0.15) is 0 Å². The molecular formula is C12H10N4O. The third-order valence-corrected chi connectivity index (χ3v) is 2.44. The quantitative estimate of drug-likeness (QED) is 0.811. The molecule has 2 heterocycles. The summed E-state index contributed by atoms with van der Waals surface area (Å²) < 4.78 is 4.66. The summed E-state index contributed by atoms with van der Waals surface area (Å²) in [6.45, 7) is 1.95. The van der Waals surface area contributed by atoms with Crippen LogP contribution in [0.3, 0.4) is 0 Å². The molecule has 1 aliphatic rings. The molecule has 1 aromatic carbocycles. The van der Waals surface area contributed by atoms with Gasteiger partial charge in [0.15, 0.2) is 0 Å². The number of rotatable bonds is 1. The van der Waals surface area contributed by atoms with Gasteiger partial charge >= 0.3 is 0 Å². The Bertz CT molecular complexity index is 598. The van der Waals surface area contributed by atoms with Crippen LogP contribution in [0.25, 0.3) is 0 Å². The summed E-state index contributed by atoms with van der Waals surface area (Å²) in [5.41, 5.74) is 2.82. The minimum atomic E-state index is 0.469. The van der Waals surface area contributed by atoms with Crippen molar-refractivity contribution in [1.29, 1.82) is 0 Å². The standard InChI is InChI=1S/C12H10N4O/c1-8-7-10(9-5-3-2-4-6-9)14-12-11(13-8)15-17-16-12/h2-7H,1H3,(H,13,15). The minimum Gasteiger partial charge on any atom is -0.338 e. The van der Waals surface area contributed by atoms with Crippen molar-refractivity contribution in [3.05, 3.63) is 47.7 Å². The summed E-state index contributed by atoms with van der Waals surface area (Å²) in [5.74, 6) is 1.02. The first-order valence-electron chi connectivity index (χ1n) is 5.25. The predicted octanol–water partition coefficient (Wildman–Crippen LogP) is 2.52. The van der Waals surface area contributed by atoms with Gasteiger partial charge in [-0.3, -0.25) is 0 Å². The number of allylic oxidation sites excluding steroid dienone is 2. The van der Waals surface area contributed by atoms with E-state index in [-0.39, 0.29) is 0 Å². The Labute approximate surface area is 97.8 Å². The Morgan fingerprint density at radius 1 is 1.12 bits per heavy atom. The maximum absolute atomic E-state index is 4.66. The van der Waals surface area contributed by atoms with Crippen molar-refractivity contribution in [3.63, 3.8) is 0 Å². The third kappa shape index (κ3) is 1.82. The van der Waals surface area contributed by atoms with Crippen LogP contribution in [0.4, 0.5) is 11.6 Å². The molecule has 0 aliphatic carbocycles. The van der Waals surface area contributed by atoms with E-state index < -0.39 is 0 Å². The smallest absolute Gasteiger partial charge is 0.241 e. The van der Waals surface area contributed by atoms with E-state index in [0.717, 1.165) is 17.0 Å². The van der Waals surface area contributed by atoms with Gasteiger partial charge in [-0.05, 0) is 23.3 Å². The first-order valence-corrected chi connectivity index (χ1v) is 5.25. The van der Waals surface area contributed by atoms with Crippen molar-refractivity contribution in [3.8, 4) is 0 Å². The topological polar surface area (TPSA) is 63.3 Å². The van der Waals surface area contributed by atoms with Crippen LogP contribution in [-0.2, 0) is 0 Å². The molecule has 0 spiro atoms. The zero-order chi connectivity index (χ0) is 11.7.